The van der Waals surface area contributed by atoms with Crippen molar-refractivity contribution in [1.82, 2.24) is 16.0 Å². The minimum absolute atomic E-state index is 0.101. The third-order valence-electron chi connectivity index (χ3n) is 4.86. The van der Waals surface area contributed by atoms with E-state index in [0.717, 1.165) is 16.9 Å². The third kappa shape index (κ3) is 4.31. The van der Waals surface area contributed by atoms with Crippen LogP contribution >= 0.6 is 0 Å². The molecule has 0 aromatic heterocycles. The van der Waals surface area contributed by atoms with Crippen LogP contribution in [-0.2, 0) is 9.59 Å². The van der Waals surface area contributed by atoms with Crippen molar-refractivity contribution in [2.75, 3.05) is 7.11 Å². The summed E-state index contributed by atoms with van der Waals surface area (Å²) in [6.07, 6.45) is 0.310. The Balaban J connectivity index is 1.73. The quantitative estimate of drug-likeness (QED) is 0.641. The van der Waals surface area contributed by atoms with Crippen LogP contribution in [0.25, 0.3) is 0 Å². The zero-order chi connectivity index (χ0) is 20.1. The summed E-state index contributed by atoms with van der Waals surface area (Å²) in [6.45, 7) is 1.61. The number of amides is 4. The van der Waals surface area contributed by atoms with Crippen molar-refractivity contribution in [2.45, 2.75) is 31.3 Å². The molecule has 0 saturated carbocycles. The Bertz CT molecular complexity index is 867. The van der Waals surface area contributed by atoms with E-state index >= 15 is 0 Å². The number of hydrogen-bond donors (Lipinski definition) is 3. The summed E-state index contributed by atoms with van der Waals surface area (Å²) < 4.78 is 5.20. The van der Waals surface area contributed by atoms with Gasteiger partial charge < -0.3 is 15.4 Å². The van der Waals surface area contributed by atoms with Crippen molar-refractivity contribution in [2.24, 2.45) is 0 Å². The molecule has 0 spiro atoms. The number of imide groups is 1. The molecule has 0 aliphatic carbocycles. The van der Waals surface area contributed by atoms with E-state index in [-0.39, 0.29) is 24.8 Å². The van der Waals surface area contributed by atoms with Gasteiger partial charge >= 0.3 is 6.03 Å². The van der Waals surface area contributed by atoms with Crippen molar-refractivity contribution in [1.29, 1.82) is 0 Å². The minimum atomic E-state index is -1.07. The average molecular weight is 381 g/mol. The molecule has 2 atom stereocenters. The molecule has 0 radical (unpaired) electrons. The van der Waals surface area contributed by atoms with E-state index in [1.165, 1.54) is 0 Å². The van der Waals surface area contributed by atoms with Crippen LogP contribution in [0.2, 0.25) is 0 Å². The van der Waals surface area contributed by atoms with Crippen molar-refractivity contribution in [3.63, 3.8) is 0 Å². The summed E-state index contributed by atoms with van der Waals surface area (Å²) in [5, 5.41) is 7.80. The monoisotopic (exact) mass is 381 g/mol. The largest absolute Gasteiger partial charge is 0.497 e. The van der Waals surface area contributed by atoms with E-state index in [2.05, 4.69) is 16.0 Å². The van der Waals surface area contributed by atoms with Crippen molar-refractivity contribution < 1.29 is 19.1 Å². The van der Waals surface area contributed by atoms with E-state index in [1.54, 1.807) is 14.0 Å². The highest BCUT2D eigenvalue weighted by Gasteiger charge is 2.41. The Morgan fingerprint density at radius 1 is 1.07 bits per heavy atom. The van der Waals surface area contributed by atoms with Crippen LogP contribution in [0.3, 0.4) is 0 Å². The fourth-order valence-corrected chi connectivity index (χ4v) is 3.15. The van der Waals surface area contributed by atoms with Crippen LogP contribution in [0.4, 0.5) is 4.79 Å². The van der Waals surface area contributed by atoms with E-state index < -0.39 is 17.5 Å². The summed E-state index contributed by atoms with van der Waals surface area (Å²) in [5.41, 5.74) is 0.786. The lowest BCUT2D eigenvalue weighted by atomic mass is 9.95. The third-order valence-corrected chi connectivity index (χ3v) is 4.86. The number of carbonyl (C=O) groups excluding carboxylic acids is 3. The topological polar surface area (TPSA) is 96.5 Å². The van der Waals surface area contributed by atoms with Crippen LogP contribution in [0.15, 0.2) is 54.6 Å². The molecule has 3 rings (SSSR count). The molecule has 4 amide bonds. The fourth-order valence-electron chi connectivity index (χ4n) is 3.15. The lowest BCUT2D eigenvalue weighted by molar-refractivity contribution is -0.125. The number of urea groups is 1. The number of benzene rings is 2. The molecule has 3 N–H and O–H groups in total. The minimum Gasteiger partial charge on any atom is -0.497 e. The van der Waals surface area contributed by atoms with Gasteiger partial charge in [-0.1, -0.05) is 42.5 Å². The van der Waals surface area contributed by atoms with Gasteiger partial charge in [-0.05, 0) is 36.6 Å². The second kappa shape index (κ2) is 8.12. The van der Waals surface area contributed by atoms with Crippen LogP contribution in [0, 0.1) is 0 Å². The summed E-state index contributed by atoms with van der Waals surface area (Å²) in [7, 11) is 1.60. The Kier molecular flexibility index (Phi) is 5.63. The second-order valence-electron chi connectivity index (χ2n) is 6.92. The lowest BCUT2D eigenvalue weighted by Gasteiger charge is -2.23. The Morgan fingerprint density at radius 3 is 2.29 bits per heavy atom. The number of ether oxygens (including phenoxy) is 1. The highest BCUT2D eigenvalue weighted by Crippen LogP contribution is 2.25. The molecule has 1 fully saturated rings. The number of nitrogens with one attached hydrogen (secondary N) is 3. The van der Waals surface area contributed by atoms with Crippen LogP contribution < -0.4 is 20.7 Å². The van der Waals surface area contributed by atoms with Crippen LogP contribution in [0.5, 0.6) is 5.75 Å². The highest BCUT2D eigenvalue weighted by molar-refractivity contribution is 6.06. The predicted molar refractivity (Wildman–Crippen MR) is 104 cm³/mol. The summed E-state index contributed by atoms with van der Waals surface area (Å²) in [4.78, 5) is 35.9. The van der Waals surface area contributed by atoms with Gasteiger partial charge in [0.15, 0.2) is 0 Å². The van der Waals surface area contributed by atoms with Gasteiger partial charge in [-0.3, -0.25) is 14.9 Å². The van der Waals surface area contributed by atoms with Crippen molar-refractivity contribution in [3.8, 4) is 5.75 Å². The van der Waals surface area contributed by atoms with Gasteiger partial charge in [-0.2, -0.15) is 0 Å². The Labute approximate surface area is 163 Å². The molecule has 0 bridgehead atoms. The number of rotatable bonds is 7. The number of methoxy groups -OCH3 is 1. The van der Waals surface area contributed by atoms with Gasteiger partial charge in [-0.25, -0.2) is 4.79 Å². The Morgan fingerprint density at radius 2 is 1.71 bits per heavy atom. The molecule has 1 saturated heterocycles. The van der Waals surface area contributed by atoms with Crippen molar-refractivity contribution in [3.05, 3.63) is 65.7 Å². The van der Waals surface area contributed by atoms with Gasteiger partial charge in [0.25, 0.3) is 5.91 Å². The van der Waals surface area contributed by atoms with Gasteiger partial charge in [-0.15, -0.1) is 0 Å². The predicted octanol–water partition coefficient (Wildman–Crippen LogP) is 2.28. The summed E-state index contributed by atoms with van der Waals surface area (Å²) in [6, 6.07) is 16.3. The summed E-state index contributed by atoms with van der Waals surface area (Å²) >= 11 is 0. The Hall–Kier alpha value is -3.35. The van der Waals surface area contributed by atoms with Gasteiger partial charge in [0.1, 0.15) is 11.3 Å². The van der Waals surface area contributed by atoms with Crippen molar-refractivity contribution >= 4 is 17.8 Å². The molecule has 1 aliphatic rings. The molecule has 1 heterocycles. The average Bonchev–Trinajstić information content (AvgIpc) is 2.97. The number of carbonyl (C=O) groups is 3. The standard InChI is InChI=1S/C21H23N3O4/c1-21(19(26)23-20(27)24-21)13-12-17(25)22-18(14-6-4-3-5-7-14)15-8-10-16(28-2)11-9-15/h3-11,18H,12-13H2,1-2H3,(H,22,25)(H2,23,24,26,27). The lowest BCUT2D eigenvalue weighted by Crippen LogP contribution is -2.44. The van der Waals surface area contributed by atoms with E-state index in [0.29, 0.717) is 0 Å². The first-order valence-corrected chi connectivity index (χ1v) is 9.03. The molecule has 2 aromatic rings. The SMILES string of the molecule is COc1ccc(C(NC(=O)CCC2(C)NC(=O)NC2=O)c2ccccc2)cc1. The van der Waals surface area contributed by atoms with Crippen LogP contribution in [0.1, 0.15) is 36.9 Å². The van der Waals surface area contributed by atoms with Crippen LogP contribution in [-0.4, -0.2) is 30.5 Å². The van der Waals surface area contributed by atoms with Gasteiger partial charge in [0, 0.05) is 6.42 Å². The maximum Gasteiger partial charge on any atom is 0.322 e. The molecule has 2 aromatic carbocycles. The molecule has 146 valence electrons. The molecular weight excluding hydrogens is 358 g/mol. The van der Waals surface area contributed by atoms with E-state index in [9.17, 15) is 14.4 Å². The van der Waals surface area contributed by atoms with E-state index in [4.69, 9.17) is 4.74 Å². The second-order valence-corrected chi connectivity index (χ2v) is 6.92. The zero-order valence-corrected chi connectivity index (χ0v) is 15.8. The molecular formula is C21H23N3O4. The highest BCUT2D eigenvalue weighted by atomic mass is 16.5. The first-order valence-electron chi connectivity index (χ1n) is 9.03. The molecule has 7 heteroatoms. The molecule has 28 heavy (non-hydrogen) atoms. The number of hydrogen-bond acceptors (Lipinski definition) is 4. The normalized spacial score (nSPS) is 19.5. The summed E-state index contributed by atoms with van der Waals surface area (Å²) in [5.74, 6) is 0.109. The first-order chi connectivity index (χ1) is 13.4. The maximum absolute atomic E-state index is 12.6. The van der Waals surface area contributed by atoms with E-state index in [1.807, 2.05) is 54.6 Å². The molecule has 2 unspecified atom stereocenters. The fraction of sp³-hybridized carbons (Fsp3) is 0.286. The zero-order valence-electron chi connectivity index (χ0n) is 15.8. The molecule has 7 nitrogen and oxygen atoms in total. The molecule has 1 aliphatic heterocycles. The smallest absolute Gasteiger partial charge is 0.322 e. The first kappa shape index (κ1) is 19.4. The van der Waals surface area contributed by atoms with Gasteiger partial charge in [0.2, 0.25) is 5.91 Å². The van der Waals surface area contributed by atoms with Gasteiger partial charge in [0.05, 0.1) is 13.2 Å². The maximum atomic E-state index is 12.6.